The third-order valence-electron chi connectivity index (χ3n) is 29.0. The van der Waals surface area contributed by atoms with E-state index in [2.05, 4.69) is 481 Å². The Morgan fingerprint density at radius 2 is 0.497 bits per heavy atom. The van der Waals surface area contributed by atoms with E-state index in [1.807, 2.05) is 11.3 Å². The molecule has 11 heterocycles. The van der Waals surface area contributed by atoms with Crippen LogP contribution in [-0.2, 0) is 5.41 Å². The monoisotopic (exact) mass is 1900 g/mol. The van der Waals surface area contributed by atoms with Crippen molar-refractivity contribution in [3.8, 4) is 102 Å². The molecule has 0 radical (unpaired) electrons. The fraction of sp³-hybridized carbons (Fsp3) is 0.0233. The maximum Gasteiger partial charge on any atom is 0.163 e. The van der Waals surface area contributed by atoms with E-state index in [-0.39, 0.29) is 5.41 Å². The second kappa shape index (κ2) is 32.8. The van der Waals surface area contributed by atoms with Gasteiger partial charge >= 0.3 is 0 Å². The van der Waals surface area contributed by atoms with Crippen LogP contribution in [0.5, 0.6) is 0 Å². The Bertz CT molecular complexity index is 10500. The van der Waals surface area contributed by atoms with Gasteiger partial charge in [-0.3, -0.25) is 0 Å². The highest BCUT2D eigenvalue weighted by atomic mass is 32.1. The van der Waals surface area contributed by atoms with Crippen LogP contribution < -0.4 is 0 Å². The fourth-order valence-electron chi connectivity index (χ4n) is 22.9. The minimum Gasteiger partial charge on any atom is -0.308 e. The van der Waals surface area contributed by atoms with Crippen molar-refractivity contribution in [3.05, 3.63) is 460 Å². The number of thiophene rings is 4. The van der Waals surface area contributed by atoms with Gasteiger partial charge in [-0.05, 0) is 119 Å². The summed E-state index contributed by atoms with van der Waals surface area (Å²) in [6.07, 6.45) is 0. The van der Waals surface area contributed by atoms with Gasteiger partial charge in [-0.25, -0.2) is 29.9 Å². The van der Waals surface area contributed by atoms with E-state index < -0.39 is 0 Å². The second-order valence-corrected chi connectivity index (χ2v) is 41.4. The lowest BCUT2D eigenvalue weighted by Crippen LogP contribution is -2.16. The Morgan fingerprint density at radius 3 is 0.923 bits per heavy atom. The van der Waals surface area contributed by atoms with Gasteiger partial charge < -0.3 is 18.3 Å². The molecule has 0 aliphatic heterocycles. The molecule has 0 saturated heterocycles. The first-order chi connectivity index (χ1) is 70.8. The van der Waals surface area contributed by atoms with Crippen LogP contribution in [0.1, 0.15) is 25.0 Å². The smallest absolute Gasteiger partial charge is 0.163 e. The highest BCUT2D eigenvalue weighted by Gasteiger charge is 2.39. The first-order valence-electron chi connectivity index (χ1n) is 48.3. The average Bonchev–Trinajstić information content (AvgIpc) is 1.54. The summed E-state index contributed by atoms with van der Waals surface area (Å²) in [7, 11) is 0. The van der Waals surface area contributed by atoms with Crippen molar-refractivity contribution in [3.63, 3.8) is 0 Å². The van der Waals surface area contributed by atoms with Crippen molar-refractivity contribution in [1.29, 1.82) is 0 Å². The predicted molar refractivity (Wildman–Crippen MR) is 605 cm³/mol. The lowest BCUT2D eigenvalue weighted by molar-refractivity contribution is 0.664. The van der Waals surface area contributed by atoms with Crippen LogP contribution in [0.2, 0.25) is 0 Å². The molecule has 0 N–H and O–H groups in total. The topological polar surface area (TPSA) is 97.1 Å². The maximum atomic E-state index is 5.43. The Morgan fingerprint density at radius 1 is 0.203 bits per heavy atom. The first-order valence-corrected chi connectivity index (χ1v) is 51.6. The lowest BCUT2D eigenvalue weighted by atomic mass is 9.81. The number of hydrogen-bond acceptors (Lipinski definition) is 10. The van der Waals surface area contributed by atoms with Gasteiger partial charge in [-0.2, -0.15) is 0 Å². The van der Waals surface area contributed by atoms with E-state index in [0.717, 1.165) is 127 Å². The first kappa shape index (κ1) is 82.6. The van der Waals surface area contributed by atoms with Gasteiger partial charge in [-0.15, -0.1) is 45.3 Å². The quantitative estimate of drug-likeness (QED) is 0.135. The van der Waals surface area contributed by atoms with Crippen LogP contribution in [0.15, 0.2) is 449 Å². The molecule has 0 bridgehead atoms. The summed E-state index contributed by atoms with van der Waals surface area (Å²) >= 11 is 7.08. The Labute approximate surface area is 836 Å². The Kier molecular flexibility index (Phi) is 19.0. The number of nitrogens with zero attached hydrogens (tertiary/aromatic N) is 10. The molecule has 1 aliphatic rings. The van der Waals surface area contributed by atoms with E-state index >= 15 is 0 Å². The van der Waals surface area contributed by atoms with Crippen LogP contribution in [0.3, 0.4) is 0 Å². The zero-order valence-electron chi connectivity index (χ0n) is 77.3. The van der Waals surface area contributed by atoms with Gasteiger partial charge in [0.15, 0.2) is 17.5 Å². The number of rotatable bonds is 10. The molecule has 0 saturated carbocycles. The molecule has 0 spiro atoms. The number of fused-ring (bicyclic) bond motifs is 30. The molecule has 11 aromatic heterocycles. The SMILES string of the molecule is CC1(C)c2ccccc2-c2ccc3c4ccccc4n(-c4ccccc4-c4nc(-c5ccccc5)c5c(n4)sc4ccccc45)c3c21.c1ccc(-c2nc(-c3ccccc3-n3c4ccccc4c4ccc5c6ccccc6n(-c6ccccc6)c5c43)nc3sc4ccccc4c23)cc1.c1ccc(-c2nc(-c3ccccc3-n3c4ccccc4c4ccc5c6ccccc6sc5c43)nc3sc4ccccc4c23)cc1. The minimum absolute atomic E-state index is 0.167. The molecular weight excluding hydrogens is 1820 g/mol. The van der Waals surface area contributed by atoms with Gasteiger partial charge in [-0.1, -0.05) is 366 Å². The largest absolute Gasteiger partial charge is 0.308 e. The van der Waals surface area contributed by atoms with E-state index in [1.54, 1.807) is 34.0 Å². The predicted octanol–water partition coefficient (Wildman–Crippen LogP) is 35.6. The molecule has 30 aromatic rings. The fourth-order valence-corrected chi connectivity index (χ4v) is 27.3. The Balaban J connectivity index is 0.000000102. The van der Waals surface area contributed by atoms with Crippen LogP contribution in [0.4, 0.5) is 0 Å². The maximum absolute atomic E-state index is 5.43. The van der Waals surface area contributed by atoms with Crippen LogP contribution in [-0.4, -0.2) is 48.2 Å². The minimum atomic E-state index is -0.167. The molecular formula is C129H80N10S4. The Hall–Kier alpha value is -17.5. The summed E-state index contributed by atoms with van der Waals surface area (Å²) < 4.78 is 16.0. The van der Waals surface area contributed by atoms with Crippen molar-refractivity contribution in [1.82, 2.24) is 48.2 Å². The molecule has 10 nitrogen and oxygen atoms in total. The zero-order chi connectivity index (χ0) is 94.2. The van der Waals surface area contributed by atoms with Crippen molar-refractivity contribution in [2.75, 3.05) is 0 Å². The molecule has 670 valence electrons. The normalized spacial score (nSPS) is 12.5. The van der Waals surface area contributed by atoms with Gasteiger partial charge in [0.05, 0.1) is 83.0 Å². The molecule has 143 heavy (non-hydrogen) atoms. The summed E-state index contributed by atoms with van der Waals surface area (Å²) in [5.74, 6) is 2.18. The van der Waals surface area contributed by atoms with E-state index in [1.165, 1.54) is 149 Å². The number of aromatic nitrogens is 10. The van der Waals surface area contributed by atoms with Gasteiger partial charge in [0.25, 0.3) is 0 Å². The number of hydrogen-bond donors (Lipinski definition) is 0. The average molecular weight is 1900 g/mol. The number of para-hydroxylation sites is 8. The zero-order valence-corrected chi connectivity index (χ0v) is 80.6. The second-order valence-electron chi connectivity index (χ2n) is 37.3. The van der Waals surface area contributed by atoms with Crippen molar-refractivity contribution >= 4 is 214 Å². The standard InChI is InChI=1S/C46H28N4S.C43H29N3S.C40H23N3S2/c1-3-15-29(16-4-1)42-41-36-22-10-14-26-40(36)51-46(41)48-45(47-42)35-21-9-13-25-39(35)50-38-24-12-8-20-32(38)34-28-27-33-31-19-7-11-23-37(31)49(43(33)44(34)50)30-17-5-2-6-18-30;1-43(2)33-20-10-6-16-27(33)29-24-25-30-28-17-7-11-21-34(28)46(40(30)38(29)43)35-22-12-8-18-31(35)41-44-39(26-14-4-3-5-15-26)37-32-19-9-13-23-36(32)47-42(37)45-41;1-2-12-24(13-3-1)36-35-30-17-7-11-21-34(30)45-40(35)42-39(41-36)29-16-5-9-19-32(29)43-31-18-8-4-14-25(31)27-22-23-28-26-15-6-10-20-33(26)44-38(28)37(27)43/h1-28H;3-25H,1-2H3;1-23H. The summed E-state index contributed by atoms with van der Waals surface area (Å²) in [6, 6.07) is 160. The molecule has 1 aliphatic carbocycles. The molecule has 31 rings (SSSR count). The van der Waals surface area contributed by atoms with Crippen LogP contribution >= 0.6 is 45.3 Å². The molecule has 0 unspecified atom stereocenters. The molecule has 19 aromatic carbocycles. The van der Waals surface area contributed by atoms with Crippen molar-refractivity contribution < 1.29 is 0 Å². The molecule has 0 fully saturated rings. The van der Waals surface area contributed by atoms with Gasteiger partial charge in [0.2, 0.25) is 0 Å². The summed E-state index contributed by atoms with van der Waals surface area (Å²) in [6.45, 7) is 4.74. The van der Waals surface area contributed by atoms with Gasteiger partial charge in [0, 0.05) is 149 Å². The van der Waals surface area contributed by atoms with Gasteiger partial charge in [0.1, 0.15) is 14.5 Å². The molecule has 0 atom stereocenters. The highest BCUT2D eigenvalue weighted by Crippen LogP contribution is 2.56. The van der Waals surface area contributed by atoms with Crippen molar-refractivity contribution in [2.45, 2.75) is 19.3 Å². The third kappa shape index (κ3) is 12.8. The third-order valence-corrected chi connectivity index (χ3v) is 33.4. The lowest BCUT2D eigenvalue weighted by Gasteiger charge is -2.24. The summed E-state index contributed by atoms with van der Waals surface area (Å²) in [5.41, 5.74) is 28.2. The van der Waals surface area contributed by atoms with E-state index in [0.29, 0.717) is 5.82 Å². The summed E-state index contributed by atoms with van der Waals surface area (Å²) in [5, 5.41) is 19.4. The van der Waals surface area contributed by atoms with Crippen LogP contribution in [0, 0.1) is 0 Å². The molecule has 0 amide bonds. The number of benzene rings is 19. The molecule has 14 heteroatoms. The highest BCUT2D eigenvalue weighted by molar-refractivity contribution is 7.27. The van der Waals surface area contributed by atoms with Crippen LogP contribution in [0.25, 0.3) is 270 Å². The van der Waals surface area contributed by atoms with Crippen molar-refractivity contribution in [2.24, 2.45) is 0 Å². The summed E-state index contributed by atoms with van der Waals surface area (Å²) in [4.78, 5) is 35.2. The van der Waals surface area contributed by atoms with E-state index in [4.69, 9.17) is 29.9 Å². The van der Waals surface area contributed by atoms with E-state index in [9.17, 15) is 0 Å².